The predicted molar refractivity (Wildman–Crippen MR) is 40.9 cm³/mol. The number of rotatable bonds is 3. The number of hydrogen-bond acceptors (Lipinski definition) is 5. The van der Waals surface area contributed by atoms with Crippen molar-refractivity contribution in [1.29, 1.82) is 0 Å². The SMILES string of the molecule is CN=NC1CCC(NNC)O1. The van der Waals surface area contributed by atoms with E-state index in [2.05, 4.69) is 21.1 Å². The summed E-state index contributed by atoms with van der Waals surface area (Å²) in [6, 6.07) is 0. The molecule has 2 atom stereocenters. The molecule has 0 bridgehead atoms. The fourth-order valence-electron chi connectivity index (χ4n) is 1.10. The van der Waals surface area contributed by atoms with E-state index in [0.717, 1.165) is 12.8 Å². The Labute approximate surface area is 66.2 Å². The molecule has 2 unspecified atom stereocenters. The Balaban J connectivity index is 2.23. The molecule has 2 N–H and O–H groups in total. The number of nitrogens with one attached hydrogen (secondary N) is 2. The molecule has 0 aromatic carbocycles. The summed E-state index contributed by atoms with van der Waals surface area (Å²) in [5.41, 5.74) is 5.78. The van der Waals surface area contributed by atoms with E-state index < -0.39 is 0 Å². The van der Waals surface area contributed by atoms with Crippen molar-refractivity contribution in [2.45, 2.75) is 25.3 Å². The Bertz CT molecular complexity index is 139. The maximum Gasteiger partial charge on any atom is 0.170 e. The van der Waals surface area contributed by atoms with Gasteiger partial charge in [-0.1, -0.05) is 0 Å². The first-order valence-corrected chi connectivity index (χ1v) is 3.73. The van der Waals surface area contributed by atoms with E-state index in [0.29, 0.717) is 0 Å². The molecule has 1 heterocycles. The van der Waals surface area contributed by atoms with Crippen LogP contribution in [0.15, 0.2) is 10.2 Å². The molecule has 1 rings (SSSR count). The Morgan fingerprint density at radius 2 is 2.27 bits per heavy atom. The summed E-state index contributed by atoms with van der Waals surface area (Å²) >= 11 is 0. The Morgan fingerprint density at radius 3 is 2.91 bits per heavy atom. The standard InChI is InChI=1S/C6H14N4O/c1-7-9-5-3-4-6(11-5)10-8-2/h5-7,9H,3-4H2,1-2H3. The third kappa shape index (κ3) is 2.53. The van der Waals surface area contributed by atoms with Crippen molar-refractivity contribution < 1.29 is 4.74 Å². The monoisotopic (exact) mass is 158 g/mol. The summed E-state index contributed by atoms with van der Waals surface area (Å²) in [6.45, 7) is 0. The molecule has 64 valence electrons. The molecule has 11 heavy (non-hydrogen) atoms. The summed E-state index contributed by atoms with van der Waals surface area (Å²) in [4.78, 5) is 0. The van der Waals surface area contributed by atoms with Gasteiger partial charge in [0.25, 0.3) is 0 Å². The zero-order valence-corrected chi connectivity index (χ0v) is 6.87. The van der Waals surface area contributed by atoms with Crippen molar-refractivity contribution in [3.05, 3.63) is 0 Å². The van der Waals surface area contributed by atoms with E-state index in [-0.39, 0.29) is 12.5 Å². The van der Waals surface area contributed by atoms with E-state index in [1.165, 1.54) is 0 Å². The molecule has 1 aliphatic rings. The van der Waals surface area contributed by atoms with Crippen molar-refractivity contribution in [3.8, 4) is 0 Å². The van der Waals surface area contributed by atoms with Gasteiger partial charge in [0, 0.05) is 7.05 Å². The number of hydrogen-bond donors (Lipinski definition) is 2. The smallest absolute Gasteiger partial charge is 0.170 e. The molecule has 0 saturated carbocycles. The van der Waals surface area contributed by atoms with Crippen LogP contribution in [0.2, 0.25) is 0 Å². The van der Waals surface area contributed by atoms with Crippen LogP contribution in [0.25, 0.3) is 0 Å². The van der Waals surface area contributed by atoms with Crippen molar-refractivity contribution in [1.82, 2.24) is 10.9 Å². The molecule has 0 aliphatic carbocycles. The summed E-state index contributed by atoms with van der Waals surface area (Å²) in [7, 11) is 3.47. The molecule has 5 nitrogen and oxygen atoms in total. The van der Waals surface area contributed by atoms with Gasteiger partial charge in [0.05, 0.1) is 0 Å². The van der Waals surface area contributed by atoms with Crippen LogP contribution >= 0.6 is 0 Å². The summed E-state index contributed by atoms with van der Waals surface area (Å²) in [6.07, 6.45) is 1.95. The minimum absolute atomic E-state index is 0.0501. The Kier molecular flexibility index (Phi) is 3.41. The van der Waals surface area contributed by atoms with Gasteiger partial charge in [-0.05, 0) is 19.9 Å². The first-order chi connectivity index (χ1) is 5.36. The average Bonchev–Trinajstić information content (AvgIpc) is 2.38. The molecule has 1 fully saturated rings. The van der Waals surface area contributed by atoms with Crippen LogP contribution in [0, 0.1) is 0 Å². The van der Waals surface area contributed by atoms with Crippen LogP contribution < -0.4 is 10.9 Å². The van der Waals surface area contributed by atoms with E-state index in [1.54, 1.807) is 7.05 Å². The average molecular weight is 158 g/mol. The third-order valence-corrected chi connectivity index (χ3v) is 1.55. The maximum absolute atomic E-state index is 5.41. The fourth-order valence-corrected chi connectivity index (χ4v) is 1.10. The molecular formula is C6H14N4O. The normalized spacial score (nSPS) is 31.8. The number of hydrazine groups is 1. The molecule has 0 amide bonds. The topological polar surface area (TPSA) is 58.0 Å². The minimum Gasteiger partial charge on any atom is -0.335 e. The van der Waals surface area contributed by atoms with Gasteiger partial charge in [0.1, 0.15) is 6.23 Å². The zero-order valence-electron chi connectivity index (χ0n) is 6.87. The Morgan fingerprint density at radius 1 is 1.45 bits per heavy atom. The number of ether oxygens (including phenoxy) is 1. The van der Waals surface area contributed by atoms with Crippen LogP contribution in [0.3, 0.4) is 0 Å². The van der Waals surface area contributed by atoms with Gasteiger partial charge in [0.15, 0.2) is 6.23 Å². The lowest BCUT2D eigenvalue weighted by atomic mass is 10.3. The van der Waals surface area contributed by atoms with Gasteiger partial charge < -0.3 is 4.74 Å². The lowest BCUT2D eigenvalue weighted by Crippen LogP contribution is -2.38. The van der Waals surface area contributed by atoms with Crippen molar-refractivity contribution >= 4 is 0 Å². The molecule has 5 heteroatoms. The highest BCUT2D eigenvalue weighted by Gasteiger charge is 2.23. The second kappa shape index (κ2) is 4.38. The van der Waals surface area contributed by atoms with Crippen LogP contribution in [-0.2, 0) is 4.74 Å². The second-order valence-electron chi connectivity index (χ2n) is 2.37. The molecule has 1 aliphatic heterocycles. The van der Waals surface area contributed by atoms with Crippen molar-refractivity contribution in [2.24, 2.45) is 10.2 Å². The van der Waals surface area contributed by atoms with E-state index in [4.69, 9.17) is 4.74 Å². The lowest BCUT2D eigenvalue weighted by molar-refractivity contribution is 0.0199. The van der Waals surface area contributed by atoms with Gasteiger partial charge >= 0.3 is 0 Å². The highest BCUT2D eigenvalue weighted by atomic mass is 16.5. The fraction of sp³-hybridized carbons (Fsp3) is 1.00. The third-order valence-electron chi connectivity index (χ3n) is 1.55. The summed E-state index contributed by atoms with van der Waals surface area (Å²) in [5, 5.41) is 7.56. The van der Waals surface area contributed by atoms with Gasteiger partial charge in [-0.3, -0.25) is 5.43 Å². The lowest BCUT2D eigenvalue weighted by Gasteiger charge is -2.10. The molecular weight excluding hydrogens is 144 g/mol. The quantitative estimate of drug-likeness (QED) is 0.457. The first-order valence-electron chi connectivity index (χ1n) is 3.73. The van der Waals surface area contributed by atoms with Crippen LogP contribution in [0.1, 0.15) is 12.8 Å². The number of nitrogens with zero attached hydrogens (tertiary/aromatic N) is 2. The van der Waals surface area contributed by atoms with Crippen molar-refractivity contribution in [3.63, 3.8) is 0 Å². The molecule has 1 saturated heterocycles. The van der Waals surface area contributed by atoms with Gasteiger partial charge in [0.2, 0.25) is 0 Å². The van der Waals surface area contributed by atoms with Gasteiger partial charge in [-0.15, -0.1) is 0 Å². The largest absolute Gasteiger partial charge is 0.335 e. The number of azo groups is 1. The van der Waals surface area contributed by atoms with E-state index in [1.807, 2.05) is 7.05 Å². The van der Waals surface area contributed by atoms with Crippen LogP contribution in [0.5, 0.6) is 0 Å². The molecule has 0 spiro atoms. The van der Waals surface area contributed by atoms with Crippen LogP contribution in [0.4, 0.5) is 0 Å². The van der Waals surface area contributed by atoms with Crippen molar-refractivity contribution in [2.75, 3.05) is 14.1 Å². The predicted octanol–water partition coefficient (Wildman–Crippen LogP) is 0.255. The molecule has 0 aromatic heterocycles. The highest BCUT2D eigenvalue weighted by molar-refractivity contribution is 4.67. The zero-order chi connectivity index (χ0) is 8.10. The minimum atomic E-state index is -0.0501. The van der Waals surface area contributed by atoms with Gasteiger partial charge in [-0.2, -0.15) is 10.2 Å². The van der Waals surface area contributed by atoms with E-state index in [9.17, 15) is 0 Å². The van der Waals surface area contributed by atoms with Gasteiger partial charge in [-0.25, -0.2) is 5.43 Å². The van der Waals surface area contributed by atoms with Crippen LogP contribution in [-0.4, -0.2) is 26.6 Å². The van der Waals surface area contributed by atoms with E-state index >= 15 is 0 Å². The summed E-state index contributed by atoms with van der Waals surface area (Å²) in [5.74, 6) is 0. The summed E-state index contributed by atoms with van der Waals surface area (Å²) < 4.78 is 5.41. The molecule has 0 aromatic rings. The molecule has 0 radical (unpaired) electrons. The second-order valence-corrected chi connectivity index (χ2v) is 2.37. The highest BCUT2D eigenvalue weighted by Crippen LogP contribution is 2.18. The maximum atomic E-state index is 5.41. The first kappa shape index (κ1) is 8.58. The Hall–Kier alpha value is -0.520.